The Labute approximate surface area is 127 Å². The van der Waals surface area contributed by atoms with Crippen molar-refractivity contribution >= 4 is 17.4 Å². The van der Waals surface area contributed by atoms with Crippen LogP contribution in [-0.2, 0) is 6.18 Å². The van der Waals surface area contributed by atoms with E-state index in [0.717, 1.165) is 31.8 Å². The van der Waals surface area contributed by atoms with E-state index in [1.54, 1.807) is 0 Å². The summed E-state index contributed by atoms with van der Waals surface area (Å²) in [6, 6.07) is 1.43. The third-order valence-electron chi connectivity index (χ3n) is 3.77. The van der Waals surface area contributed by atoms with Crippen LogP contribution in [0.1, 0.15) is 25.8 Å². The number of nitrogens with one attached hydrogen (secondary N) is 1. The Morgan fingerprint density at radius 3 is 2.71 bits per heavy atom. The number of pyridine rings is 1. The molecule has 1 N–H and O–H groups in total. The number of likely N-dealkylation sites (tertiary alicyclic amines) is 1. The van der Waals surface area contributed by atoms with Gasteiger partial charge in [0.25, 0.3) is 0 Å². The van der Waals surface area contributed by atoms with Crippen molar-refractivity contribution < 1.29 is 13.2 Å². The maximum atomic E-state index is 12.5. The summed E-state index contributed by atoms with van der Waals surface area (Å²) in [6.45, 7) is 7.02. The first kappa shape index (κ1) is 16.4. The van der Waals surface area contributed by atoms with E-state index in [1.165, 1.54) is 0 Å². The van der Waals surface area contributed by atoms with Crippen molar-refractivity contribution in [2.45, 2.75) is 32.5 Å². The summed E-state index contributed by atoms with van der Waals surface area (Å²) in [7, 11) is 0. The van der Waals surface area contributed by atoms with Crippen molar-refractivity contribution in [3.8, 4) is 0 Å². The van der Waals surface area contributed by atoms with Gasteiger partial charge in [0.2, 0.25) is 0 Å². The molecule has 0 amide bonds. The molecule has 3 nitrogen and oxygen atoms in total. The van der Waals surface area contributed by atoms with Gasteiger partial charge in [0.05, 0.1) is 10.6 Å². The molecule has 1 aliphatic heterocycles. The lowest BCUT2D eigenvalue weighted by molar-refractivity contribution is -0.137. The van der Waals surface area contributed by atoms with Gasteiger partial charge in [0, 0.05) is 25.3 Å². The number of halogens is 4. The Kier molecular flexibility index (Phi) is 4.99. The van der Waals surface area contributed by atoms with E-state index >= 15 is 0 Å². The highest BCUT2D eigenvalue weighted by Crippen LogP contribution is 2.32. The summed E-state index contributed by atoms with van der Waals surface area (Å²) >= 11 is 5.86. The summed E-state index contributed by atoms with van der Waals surface area (Å²) < 4.78 is 37.6. The minimum absolute atomic E-state index is 0.00328. The van der Waals surface area contributed by atoms with Crippen molar-refractivity contribution in [2.75, 3.05) is 25.0 Å². The molecule has 118 valence electrons. The molecule has 1 aliphatic rings. The van der Waals surface area contributed by atoms with Crippen LogP contribution in [0.15, 0.2) is 12.3 Å². The fourth-order valence-corrected chi connectivity index (χ4v) is 2.70. The average Bonchev–Trinajstić information content (AvgIpc) is 2.85. The van der Waals surface area contributed by atoms with E-state index in [2.05, 4.69) is 29.0 Å². The summed E-state index contributed by atoms with van der Waals surface area (Å²) in [5, 5.41) is 3.06. The Morgan fingerprint density at radius 2 is 2.19 bits per heavy atom. The minimum Gasteiger partial charge on any atom is -0.369 e. The van der Waals surface area contributed by atoms with Gasteiger partial charge in [-0.05, 0) is 38.8 Å². The van der Waals surface area contributed by atoms with Crippen LogP contribution in [0.4, 0.5) is 19.0 Å². The topological polar surface area (TPSA) is 28.2 Å². The van der Waals surface area contributed by atoms with E-state index in [4.69, 9.17) is 11.6 Å². The van der Waals surface area contributed by atoms with Gasteiger partial charge in [-0.2, -0.15) is 13.2 Å². The van der Waals surface area contributed by atoms with Crippen LogP contribution in [0.5, 0.6) is 0 Å². The second-order valence-corrected chi connectivity index (χ2v) is 6.08. The van der Waals surface area contributed by atoms with Crippen LogP contribution in [0, 0.1) is 5.92 Å². The van der Waals surface area contributed by atoms with E-state index in [1.807, 2.05) is 0 Å². The summed E-state index contributed by atoms with van der Waals surface area (Å²) in [5.74, 6) is 0.778. The van der Waals surface area contributed by atoms with Crippen molar-refractivity contribution in [1.82, 2.24) is 9.88 Å². The average molecular weight is 322 g/mol. The Balaban J connectivity index is 1.92. The smallest absolute Gasteiger partial charge is 0.369 e. The molecular weight excluding hydrogens is 303 g/mol. The second-order valence-electron chi connectivity index (χ2n) is 5.68. The Morgan fingerprint density at radius 1 is 1.48 bits per heavy atom. The zero-order valence-corrected chi connectivity index (χ0v) is 12.8. The molecule has 1 saturated heterocycles. The lowest BCUT2D eigenvalue weighted by Gasteiger charge is -2.20. The molecular formula is C14H19ClF3N3. The molecule has 0 spiro atoms. The Hall–Kier alpha value is -1.01. The summed E-state index contributed by atoms with van der Waals surface area (Å²) in [5.41, 5.74) is -0.829. The van der Waals surface area contributed by atoms with Crippen molar-refractivity contribution in [2.24, 2.45) is 5.92 Å². The molecule has 1 atom stereocenters. The lowest BCUT2D eigenvalue weighted by Crippen LogP contribution is -2.29. The highest BCUT2D eigenvalue weighted by atomic mass is 35.5. The third-order valence-corrected chi connectivity index (χ3v) is 4.06. The molecule has 7 heteroatoms. The lowest BCUT2D eigenvalue weighted by atomic mass is 10.1. The highest BCUT2D eigenvalue weighted by molar-refractivity contribution is 6.32. The number of nitrogens with zero attached hydrogens (tertiary/aromatic N) is 2. The van der Waals surface area contributed by atoms with Gasteiger partial charge in [-0.15, -0.1) is 0 Å². The quantitative estimate of drug-likeness (QED) is 0.911. The van der Waals surface area contributed by atoms with Gasteiger partial charge in [-0.3, -0.25) is 0 Å². The first-order chi connectivity index (χ1) is 9.77. The molecule has 1 aromatic rings. The van der Waals surface area contributed by atoms with Crippen molar-refractivity contribution in [3.05, 3.63) is 22.8 Å². The molecule has 1 fully saturated rings. The predicted molar refractivity (Wildman–Crippen MR) is 77.6 cm³/mol. The summed E-state index contributed by atoms with van der Waals surface area (Å²) in [6.07, 6.45) is -2.54. The summed E-state index contributed by atoms with van der Waals surface area (Å²) in [4.78, 5) is 6.17. The molecule has 1 aromatic heterocycles. The monoisotopic (exact) mass is 321 g/mol. The van der Waals surface area contributed by atoms with Gasteiger partial charge in [-0.25, -0.2) is 4.98 Å². The van der Waals surface area contributed by atoms with Crippen LogP contribution in [-0.4, -0.2) is 35.6 Å². The molecule has 2 heterocycles. The number of anilines is 1. The second kappa shape index (κ2) is 6.40. The minimum atomic E-state index is -4.42. The molecule has 0 bridgehead atoms. The van der Waals surface area contributed by atoms with Gasteiger partial charge in [0.1, 0.15) is 5.82 Å². The molecule has 2 rings (SSSR count). The maximum Gasteiger partial charge on any atom is 0.417 e. The molecule has 21 heavy (non-hydrogen) atoms. The van der Waals surface area contributed by atoms with E-state index < -0.39 is 11.7 Å². The number of alkyl halides is 3. The van der Waals surface area contributed by atoms with E-state index in [0.29, 0.717) is 24.3 Å². The third kappa shape index (κ3) is 4.23. The van der Waals surface area contributed by atoms with Gasteiger partial charge in [0.15, 0.2) is 0 Å². The van der Waals surface area contributed by atoms with E-state index in [-0.39, 0.29) is 5.02 Å². The standard InChI is InChI=1S/C14H19ClF3N3/c1-9(2)21-4-3-10(8-21)6-19-13-12(15)5-11(7-20-13)14(16,17)18/h5,7,9-10H,3-4,6,8H2,1-2H3,(H,19,20). The number of aromatic nitrogens is 1. The van der Waals surface area contributed by atoms with Crippen LogP contribution in [0.3, 0.4) is 0 Å². The number of hydrogen-bond acceptors (Lipinski definition) is 3. The van der Waals surface area contributed by atoms with Crippen LogP contribution in [0.2, 0.25) is 5.02 Å². The fraction of sp³-hybridized carbons (Fsp3) is 0.643. The molecule has 0 saturated carbocycles. The predicted octanol–water partition coefficient (Wildman–Crippen LogP) is 3.90. The molecule has 1 unspecified atom stereocenters. The normalized spacial score (nSPS) is 20.2. The zero-order chi connectivity index (χ0) is 15.6. The Bertz CT molecular complexity index is 491. The van der Waals surface area contributed by atoms with Crippen LogP contribution >= 0.6 is 11.6 Å². The highest BCUT2D eigenvalue weighted by Gasteiger charge is 2.31. The van der Waals surface area contributed by atoms with Gasteiger partial charge < -0.3 is 10.2 Å². The molecule has 0 aliphatic carbocycles. The SMILES string of the molecule is CC(C)N1CCC(CNc2ncc(C(F)(F)F)cc2Cl)C1. The molecule has 0 aromatic carbocycles. The maximum absolute atomic E-state index is 12.5. The zero-order valence-electron chi connectivity index (χ0n) is 12.0. The van der Waals surface area contributed by atoms with Crippen LogP contribution in [0.25, 0.3) is 0 Å². The number of rotatable bonds is 4. The largest absolute Gasteiger partial charge is 0.417 e. The van der Waals surface area contributed by atoms with E-state index in [9.17, 15) is 13.2 Å². The first-order valence-corrected chi connectivity index (χ1v) is 7.36. The van der Waals surface area contributed by atoms with Crippen LogP contribution < -0.4 is 5.32 Å². The fourth-order valence-electron chi connectivity index (χ4n) is 2.46. The number of hydrogen-bond donors (Lipinski definition) is 1. The van der Waals surface area contributed by atoms with Crippen molar-refractivity contribution in [1.29, 1.82) is 0 Å². The van der Waals surface area contributed by atoms with Gasteiger partial charge in [-0.1, -0.05) is 11.6 Å². The van der Waals surface area contributed by atoms with Crippen molar-refractivity contribution in [3.63, 3.8) is 0 Å². The first-order valence-electron chi connectivity index (χ1n) is 6.98. The molecule has 0 radical (unpaired) electrons. The van der Waals surface area contributed by atoms with Gasteiger partial charge >= 0.3 is 6.18 Å².